The number of ether oxygens (including phenoxy) is 1. The number of hydrogen-bond donors (Lipinski definition) is 2. The Morgan fingerprint density at radius 2 is 2.06 bits per heavy atom. The van der Waals surface area contributed by atoms with E-state index in [1.54, 1.807) is 27.0 Å². The zero-order valence-corrected chi connectivity index (χ0v) is 11.1. The van der Waals surface area contributed by atoms with Gasteiger partial charge in [0.1, 0.15) is 0 Å². The lowest BCUT2D eigenvalue weighted by molar-refractivity contribution is 0.0473. The average Bonchev–Trinajstić information content (AvgIpc) is 2.36. The van der Waals surface area contributed by atoms with Gasteiger partial charge in [-0.3, -0.25) is 4.79 Å². The van der Waals surface area contributed by atoms with Crippen LogP contribution in [0.2, 0.25) is 0 Å². The van der Waals surface area contributed by atoms with Crippen LogP contribution in [-0.4, -0.2) is 47.3 Å². The Kier molecular flexibility index (Phi) is 4.19. The number of rotatable bonds is 4. The largest absolute Gasteiger partial charge is 0.504 e. The number of hydrogen-bond acceptors (Lipinski definition) is 4. The van der Waals surface area contributed by atoms with Gasteiger partial charge in [0.05, 0.1) is 19.3 Å². The van der Waals surface area contributed by atoms with Crippen molar-refractivity contribution in [3.8, 4) is 11.5 Å². The molecule has 2 N–H and O–H groups in total. The van der Waals surface area contributed by atoms with Crippen LogP contribution in [-0.2, 0) is 0 Å². The first-order valence-electron chi connectivity index (χ1n) is 5.59. The van der Waals surface area contributed by atoms with E-state index in [9.17, 15) is 15.0 Å². The van der Waals surface area contributed by atoms with Gasteiger partial charge in [0.25, 0.3) is 5.91 Å². The number of aliphatic hydroxyl groups is 1. The normalized spacial score (nSPS) is 11.2. The molecule has 0 unspecified atom stereocenters. The van der Waals surface area contributed by atoms with Crippen molar-refractivity contribution in [2.75, 3.05) is 20.8 Å². The van der Waals surface area contributed by atoms with E-state index in [0.29, 0.717) is 11.3 Å². The number of methoxy groups -OCH3 is 1. The third-order valence-corrected chi connectivity index (χ3v) is 3.03. The van der Waals surface area contributed by atoms with E-state index >= 15 is 0 Å². The molecule has 0 aromatic heterocycles. The summed E-state index contributed by atoms with van der Waals surface area (Å²) >= 11 is 0. The number of likely N-dealkylation sites (N-methyl/N-ethyl adjacent to an activating group) is 1. The first-order chi connectivity index (χ1) is 8.33. The molecule has 1 amide bonds. The summed E-state index contributed by atoms with van der Waals surface area (Å²) in [7, 11) is 3.05. The lowest BCUT2D eigenvalue weighted by Gasteiger charge is -2.34. The van der Waals surface area contributed by atoms with E-state index in [4.69, 9.17) is 4.74 Å². The Morgan fingerprint density at radius 1 is 1.44 bits per heavy atom. The molecule has 0 fully saturated rings. The summed E-state index contributed by atoms with van der Waals surface area (Å²) in [5, 5.41) is 18.9. The number of phenolic OH excluding ortho intramolecular Hbond substituents is 1. The van der Waals surface area contributed by atoms with E-state index in [1.807, 2.05) is 0 Å². The number of carbonyl (C=O) groups is 1. The van der Waals surface area contributed by atoms with Crippen LogP contribution in [0.3, 0.4) is 0 Å². The predicted molar refractivity (Wildman–Crippen MR) is 67.9 cm³/mol. The Labute approximate surface area is 107 Å². The highest BCUT2D eigenvalue weighted by molar-refractivity contribution is 5.95. The van der Waals surface area contributed by atoms with Crippen LogP contribution in [0.5, 0.6) is 11.5 Å². The number of aliphatic hydroxyl groups excluding tert-OH is 1. The third-order valence-electron chi connectivity index (χ3n) is 3.03. The lowest BCUT2D eigenvalue weighted by atomic mass is 10.0. The standard InChI is InChI=1S/C13H19NO4/c1-13(2,8-15)14(3)12(17)9-5-6-11(18-4)10(16)7-9/h5-7,15-16H,8H2,1-4H3. The summed E-state index contributed by atoms with van der Waals surface area (Å²) in [5.74, 6) is -0.0406. The molecule has 0 spiro atoms. The van der Waals surface area contributed by atoms with Crippen molar-refractivity contribution in [1.29, 1.82) is 0 Å². The monoisotopic (exact) mass is 253 g/mol. The van der Waals surface area contributed by atoms with E-state index in [2.05, 4.69) is 0 Å². The summed E-state index contributed by atoms with van der Waals surface area (Å²) in [5.41, 5.74) is -0.315. The summed E-state index contributed by atoms with van der Waals surface area (Å²) in [6, 6.07) is 4.46. The van der Waals surface area contributed by atoms with Gasteiger partial charge in [0.2, 0.25) is 0 Å². The second-order valence-electron chi connectivity index (χ2n) is 4.72. The molecule has 5 nitrogen and oxygen atoms in total. The molecular formula is C13H19NO4. The van der Waals surface area contributed by atoms with Crippen molar-refractivity contribution in [1.82, 2.24) is 4.90 Å². The first-order valence-corrected chi connectivity index (χ1v) is 5.59. The SMILES string of the molecule is COc1ccc(C(=O)N(C)C(C)(C)CO)cc1O. The van der Waals surface area contributed by atoms with Crippen LogP contribution in [0.15, 0.2) is 18.2 Å². The zero-order chi connectivity index (χ0) is 13.9. The van der Waals surface area contributed by atoms with Gasteiger partial charge in [-0.2, -0.15) is 0 Å². The van der Waals surface area contributed by atoms with Gasteiger partial charge in [-0.1, -0.05) is 0 Å². The second-order valence-corrected chi connectivity index (χ2v) is 4.72. The Bertz CT molecular complexity index is 443. The highest BCUT2D eigenvalue weighted by Crippen LogP contribution is 2.27. The van der Waals surface area contributed by atoms with Gasteiger partial charge >= 0.3 is 0 Å². The molecule has 0 bridgehead atoms. The Balaban J connectivity index is 3.01. The van der Waals surface area contributed by atoms with Crippen LogP contribution in [0.25, 0.3) is 0 Å². The maximum absolute atomic E-state index is 12.2. The van der Waals surface area contributed by atoms with Crippen molar-refractivity contribution in [2.24, 2.45) is 0 Å². The van der Waals surface area contributed by atoms with Gasteiger partial charge in [0.15, 0.2) is 11.5 Å². The Hall–Kier alpha value is -1.75. The topological polar surface area (TPSA) is 70.0 Å². The summed E-state index contributed by atoms with van der Waals surface area (Å²) < 4.78 is 4.91. The number of aromatic hydroxyl groups is 1. The van der Waals surface area contributed by atoms with Crippen molar-refractivity contribution >= 4 is 5.91 Å². The van der Waals surface area contributed by atoms with E-state index < -0.39 is 5.54 Å². The van der Waals surface area contributed by atoms with Gasteiger partial charge in [-0.15, -0.1) is 0 Å². The van der Waals surface area contributed by atoms with Crippen LogP contribution < -0.4 is 4.74 Å². The lowest BCUT2D eigenvalue weighted by Crippen LogP contribution is -2.47. The van der Waals surface area contributed by atoms with E-state index in [0.717, 1.165) is 0 Å². The van der Waals surface area contributed by atoms with Crippen LogP contribution >= 0.6 is 0 Å². The predicted octanol–water partition coefficient (Wildman–Crippen LogP) is 1.24. The number of benzene rings is 1. The minimum absolute atomic E-state index is 0.0847. The molecule has 0 aliphatic carbocycles. The number of carbonyl (C=O) groups excluding carboxylic acids is 1. The third kappa shape index (κ3) is 2.73. The quantitative estimate of drug-likeness (QED) is 0.847. The molecule has 0 atom stereocenters. The van der Waals surface area contributed by atoms with Gasteiger partial charge in [0, 0.05) is 12.6 Å². The first kappa shape index (κ1) is 14.3. The molecular weight excluding hydrogens is 234 g/mol. The fourth-order valence-electron chi connectivity index (χ4n) is 1.40. The minimum atomic E-state index is -0.660. The smallest absolute Gasteiger partial charge is 0.254 e. The van der Waals surface area contributed by atoms with Crippen LogP contribution in [0.4, 0.5) is 0 Å². The van der Waals surface area contributed by atoms with E-state index in [-0.39, 0.29) is 18.3 Å². The number of phenols is 1. The summed E-state index contributed by atoms with van der Waals surface area (Å²) in [6.07, 6.45) is 0. The molecule has 0 radical (unpaired) electrons. The molecule has 0 aliphatic heterocycles. The van der Waals surface area contributed by atoms with Crippen LogP contribution in [0, 0.1) is 0 Å². The molecule has 1 aromatic rings. The Morgan fingerprint density at radius 3 is 2.50 bits per heavy atom. The molecule has 100 valence electrons. The molecule has 1 aromatic carbocycles. The van der Waals surface area contributed by atoms with Crippen LogP contribution in [0.1, 0.15) is 24.2 Å². The number of amides is 1. The fraction of sp³-hybridized carbons (Fsp3) is 0.462. The van der Waals surface area contributed by atoms with Crippen molar-refractivity contribution in [2.45, 2.75) is 19.4 Å². The fourth-order valence-corrected chi connectivity index (χ4v) is 1.40. The zero-order valence-electron chi connectivity index (χ0n) is 11.1. The molecule has 5 heteroatoms. The highest BCUT2D eigenvalue weighted by atomic mass is 16.5. The summed E-state index contributed by atoms with van der Waals surface area (Å²) in [6.45, 7) is 3.37. The van der Waals surface area contributed by atoms with Crippen molar-refractivity contribution in [3.05, 3.63) is 23.8 Å². The van der Waals surface area contributed by atoms with Gasteiger partial charge in [-0.25, -0.2) is 0 Å². The van der Waals surface area contributed by atoms with Crippen molar-refractivity contribution < 1.29 is 19.7 Å². The maximum atomic E-state index is 12.2. The molecule has 0 heterocycles. The summed E-state index contributed by atoms with van der Waals surface area (Å²) in [4.78, 5) is 13.6. The van der Waals surface area contributed by atoms with Gasteiger partial charge < -0.3 is 19.8 Å². The maximum Gasteiger partial charge on any atom is 0.254 e. The molecule has 18 heavy (non-hydrogen) atoms. The molecule has 0 saturated carbocycles. The average molecular weight is 253 g/mol. The highest BCUT2D eigenvalue weighted by Gasteiger charge is 2.27. The van der Waals surface area contributed by atoms with Crippen molar-refractivity contribution in [3.63, 3.8) is 0 Å². The minimum Gasteiger partial charge on any atom is -0.504 e. The van der Waals surface area contributed by atoms with Gasteiger partial charge in [-0.05, 0) is 32.0 Å². The second kappa shape index (κ2) is 5.27. The number of nitrogens with zero attached hydrogens (tertiary/aromatic N) is 1. The molecule has 0 saturated heterocycles. The molecule has 0 aliphatic rings. The van der Waals surface area contributed by atoms with E-state index in [1.165, 1.54) is 24.1 Å². The molecule has 1 rings (SSSR count).